The largest absolute Gasteiger partial charge is 0.454 e. The minimum atomic E-state index is 0.517. The van der Waals surface area contributed by atoms with Crippen LogP contribution in [0.1, 0.15) is 86.0 Å². The number of fused-ring (bicyclic) bond motifs is 6. The number of allylic oxidation sites excluding steroid dienone is 4. The summed E-state index contributed by atoms with van der Waals surface area (Å²) in [4.78, 5) is 0. The molecule has 8 aromatic rings. The molecule has 0 amide bonds. The normalized spacial score (nSPS) is 15.6. The molecule has 0 spiro atoms. The Morgan fingerprint density at radius 3 is 2.23 bits per heavy atom. The predicted molar refractivity (Wildman–Crippen MR) is 224 cm³/mol. The van der Waals surface area contributed by atoms with Crippen molar-refractivity contribution in [2.45, 2.75) is 70.1 Å². The Balaban J connectivity index is 0.970. The van der Waals surface area contributed by atoms with Gasteiger partial charge in [0.15, 0.2) is 5.58 Å². The van der Waals surface area contributed by atoms with Gasteiger partial charge in [-0.1, -0.05) is 129 Å². The molecule has 2 aromatic heterocycles. The molecule has 53 heavy (non-hydrogen) atoms. The van der Waals surface area contributed by atoms with E-state index in [1.165, 1.54) is 86.4 Å². The van der Waals surface area contributed by atoms with Crippen LogP contribution in [-0.4, -0.2) is 4.57 Å². The maximum Gasteiger partial charge on any atom is 0.159 e. The molecule has 0 aliphatic heterocycles. The maximum absolute atomic E-state index is 6.58. The van der Waals surface area contributed by atoms with Crippen LogP contribution < -0.4 is 0 Å². The van der Waals surface area contributed by atoms with Crippen molar-refractivity contribution in [2.75, 3.05) is 0 Å². The summed E-state index contributed by atoms with van der Waals surface area (Å²) in [6.07, 6.45) is 16.5. The van der Waals surface area contributed by atoms with Gasteiger partial charge in [0.2, 0.25) is 0 Å². The van der Waals surface area contributed by atoms with Crippen LogP contribution in [0, 0.1) is 0 Å². The van der Waals surface area contributed by atoms with Gasteiger partial charge in [0, 0.05) is 21.5 Å². The van der Waals surface area contributed by atoms with Gasteiger partial charge in [0.05, 0.1) is 16.7 Å². The molecule has 1 fully saturated rings. The molecule has 2 heterocycles. The summed E-state index contributed by atoms with van der Waals surface area (Å²) in [6, 6.07) is 47.9. The third kappa shape index (κ3) is 5.82. The van der Waals surface area contributed by atoms with Gasteiger partial charge in [-0.25, -0.2) is 0 Å². The number of hydrogen-bond acceptors (Lipinski definition) is 1. The molecule has 2 nitrogen and oxygen atoms in total. The van der Waals surface area contributed by atoms with Crippen molar-refractivity contribution in [3.63, 3.8) is 0 Å². The van der Waals surface area contributed by atoms with E-state index in [9.17, 15) is 0 Å². The molecule has 1 saturated carbocycles. The molecule has 2 heteroatoms. The SMILES string of the molecule is CC(CCc1ccc(-c2ccc3c(c2)c2cc(C4CCCC4)ccc2n3-c2cccc3c2oc2ccccc23)cc1)c1ccc(C2=CC=CCC2)cc1. The highest BCUT2D eigenvalue weighted by molar-refractivity contribution is 6.13. The first-order chi connectivity index (χ1) is 26.2. The maximum atomic E-state index is 6.58. The molecule has 0 radical (unpaired) electrons. The Labute approximate surface area is 312 Å². The molecule has 0 N–H and O–H groups in total. The zero-order chi connectivity index (χ0) is 35.3. The van der Waals surface area contributed by atoms with Crippen LogP contribution in [0.15, 0.2) is 150 Å². The quantitative estimate of drug-likeness (QED) is 0.155. The summed E-state index contributed by atoms with van der Waals surface area (Å²) in [5, 5.41) is 4.94. The highest BCUT2D eigenvalue weighted by Crippen LogP contribution is 2.42. The lowest BCUT2D eigenvalue weighted by Gasteiger charge is -2.14. The monoisotopic (exact) mass is 687 g/mol. The molecule has 0 bridgehead atoms. The highest BCUT2D eigenvalue weighted by Gasteiger charge is 2.22. The van der Waals surface area contributed by atoms with Crippen LogP contribution in [0.5, 0.6) is 0 Å². The van der Waals surface area contributed by atoms with Gasteiger partial charge in [-0.15, -0.1) is 0 Å². The zero-order valence-corrected chi connectivity index (χ0v) is 30.5. The van der Waals surface area contributed by atoms with Gasteiger partial charge in [-0.2, -0.15) is 0 Å². The van der Waals surface area contributed by atoms with Gasteiger partial charge < -0.3 is 8.98 Å². The van der Waals surface area contributed by atoms with Crippen molar-refractivity contribution < 1.29 is 4.42 Å². The van der Waals surface area contributed by atoms with E-state index in [4.69, 9.17) is 4.42 Å². The van der Waals surface area contributed by atoms with Gasteiger partial charge in [-0.05, 0) is 126 Å². The first kappa shape index (κ1) is 32.1. The Morgan fingerprint density at radius 2 is 1.42 bits per heavy atom. The fraction of sp³-hybridized carbons (Fsp3) is 0.216. The number of para-hydroxylation sites is 2. The Hall–Kier alpha value is -5.60. The van der Waals surface area contributed by atoms with Crippen LogP contribution in [-0.2, 0) is 6.42 Å². The summed E-state index contributed by atoms with van der Waals surface area (Å²) in [7, 11) is 0. The fourth-order valence-corrected chi connectivity index (χ4v) is 9.18. The van der Waals surface area contributed by atoms with Crippen molar-refractivity contribution in [2.24, 2.45) is 0 Å². The minimum Gasteiger partial charge on any atom is -0.454 e. The van der Waals surface area contributed by atoms with Crippen LogP contribution in [0.3, 0.4) is 0 Å². The molecule has 2 aliphatic carbocycles. The first-order valence-electron chi connectivity index (χ1n) is 19.7. The number of furan rings is 1. The fourth-order valence-electron chi connectivity index (χ4n) is 9.18. The predicted octanol–water partition coefficient (Wildman–Crippen LogP) is 14.5. The topological polar surface area (TPSA) is 18.1 Å². The number of nitrogens with zero attached hydrogens (tertiary/aromatic N) is 1. The van der Waals surface area contributed by atoms with Crippen LogP contribution >= 0.6 is 0 Å². The average molecular weight is 688 g/mol. The molecule has 260 valence electrons. The van der Waals surface area contributed by atoms with E-state index in [0.717, 1.165) is 53.3 Å². The third-order valence-corrected chi connectivity index (χ3v) is 12.3. The number of aryl methyl sites for hydroxylation is 1. The summed E-state index contributed by atoms with van der Waals surface area (Å²) < 4.78 is 9.01. The molecule has 1 atom stereocenters. The van der Waals surface area contributed by atoms with Gasteiger partial charge in [-0.3, -0.25) is 0 Å². The molecule has 1 unspecified atom stereocenters. The van der Waals surface area contributed by atoms with E-state index in [2.05, 4.69) is 157 Å². The molecular weight excluding hydrogens is 643 g/mol. The van der Waals surface area contributed by atoms with Crippen molar-refractivity contribution >= 4 is 49.3 Å². The van der Waals surface area contributed by atoms with Gasteiger partial charge >= 0.3 is 0 Å². The molecule has 10 rings (SSSR count). The van der Waals surface area contributed by atoms with Crippen LogP contribution in [0.4, 0.5) is 0 Å². The molecule has 0 saturated heterocycles. The number of hydrogen-bond donors (Lipinski definition) is 0. The lowest BCUT2D eigenvalue weighted by Crippen LogP contribution is -1.97. The van der Waals surface area contributed by atoms with Gasteiger partial charge in [0.1, 0.15) is 5.58 Å². The number of rotatable bonds is 8. The second-order valence-electron chi connectivity index (χ2n) is 15.5. The number of benzene rings is 6. The van der Waals surface area contributed by atoms with Gasteiger partial charge in [0.25, 0.3) is 0 Å². The van der Waals surface area contributed by atoms with Crippen LogP contribution in [0.25, 0.3) is 66.1 Å². The average Bonchev–Trinajstić information content (AvgIpc) is 3.97. The summed E-state index contributed by atoms with van der Waals surface area (Å²) in [5.74, 6) is 1.18. The van der Waals surface area contributed by atoms with Crippen molar-refractivity contribution in [3.05, 3.63) is 168 Å². The van der Waals surface area contributed by atoms with E-state index < -0.39 is 0 Å². The molecular formula is C51H45NO. The zero-order valence-electron chi connectivity index (χ0n) is 30.5. The van der Waals surface area contributed by atoms with Crippen molar-refractivity contribution in [1.29, 1.82) is 0 Å². The lowest BCUT2D eigenvalue weighted by molar-refractivity contribution is 0.666. The van der Waals surface area contributed by atoms with E-state index in [0.29, 0.717) is 11.8 Å². The second-order valence-corrected chi connectivity index (χ2v) is 15.5. The van der Waals surface area contributed by atoms with Crippen molar-refractivity contribution in [1.82, 2.24) is 4.57 Å². The van der Waals surface area contributed by atoms with E-state index in [1.54, 1.807) is 0 Å². The third-order valence-electron chi connectivity index (χ3n) is 12.3. The molecule has 6 aromatic carbocycles. The first-order valence-corrected chi connectivity index (χ1v) is 19.7. The summed E-state index contributed by atoms with van der Waals surface area (Å²) >= 11 is 0. The summed E-state index contributed by atoms with van der Waals surface area (Å²) in [5.41, 5.74) is 15.0. The highest BCUT2D eigenvalue weighted by atomic mass is 16.3. The minimum absolute atomic E-state index is 0.517. The van der Waals surface area contributed by atoms with E-state index in [1.807, 2.05) is 0 Å². The standard InChI is InChI=1S/C51H45NO/c1-34(36-24-26-39(27-25-36)37-10-3-2-4-11-37)18-19-35-20-22-40(23-21-35)42-29-31-48-46(33-42)45-32-41(38-12-5-6-13-38)28-30-47(45)52(48)49-16-9-15-44-43-14-7-8-17-50(43)53-51(44)49/h2-3,7-10,14-17,20-34,38H,4-6,11-13,18-19H2,1H3. The van der Waals surface area contributed by atoms with E-state index in [-0.39, 0.29) is 0 Å². The Bertz CT molecular complexity index is 2670. The second kappa shape index (κ2) is 13.4. The van der Waals surface area contributed by atoms with E-state index >= 15 is 0 Å². The number of aromatic nitrogens is 1. The molecule has 2 aliphatic rings. The Kier molecular flexibility index (Phi) is 8.13. The van der Waals surface area contributed by atoms with Crippen molar-refractivity contribution in [3.8, 4) is 16.8 Å². The Morgan fingerprint density at radius 1 is 0.679 bits per heavy atom. The lowest BCUT2D eigenvalue weighted by atomic mass is 9.91. The van der Waals surface area contributed by atoms with Crippen LogP contribution in [0.2, 0.25) is 0 Å². The smallest absolute Gasteiger partial charge is 0.159 e. The summed E-state index contributed by atoms with van der Waals surface area (Å²) in [6.45, 7) is 2.37.